The Hall–Kier alpha value is -1.62. The lowest BCUT2D eigenvalue weighted by molar-refractivity contribution is 0.0935. The summed E-state index contributed by atoms with van der Waals surface area (Å²) in [6, 6.07) is 3.73. The molecule has 0 bridgehead atoms. The molecule has 0 spiro atoms. The number of nitrogens with two attached hydrogens (primary N) is 1. The Morgan fingerprint density at radius 1 is 1.56 bits per heavy atom. The average molecular weight is 248 g/mol. The predicted octanol–water partition coefficient (Wildman–Crippen LogP) is 1.46. The van der Waals surface area contributed by atoms with Gasteiger partial charge in [-0.15, -0.1) is 0 Å². The number of aryl methyl sites for hydroxylation is 1. The second-order valence-electron chi connectivity index (χ2n) is 4.83. The molecule has 1 atom stereocenters. The lowest BCUT2D eigenvalue weighted by Crippen LogP contribution is -2.34. The first-order valence-corrected chi connectivity index (χ1v) is 6.42. The van der Waals surface area contributed by atoms with E-state index in [-0.39, 0.29) is 11.9 Å². The lowest BCUT2D eigenvalue weighted by atomic mass is 10.1. The summed E-state index contributed by atoms with van der Waals surface area (Å²) in [6.45, 7) is 4.05. The first kappa shape index (κ1) is 12.8. The van der Waals surface area contributed by atoms with Gasteiger partial charge < -0.3 is 10.7 Å². The van der Waals surface area contributed by atoms with Gasteiger partial charge >= 0.3 is 0 Å². The van der Waals surface area contributed by atoms with Gasteiger partial charge in [0.25, 0.3) is 5.91 Å². The van der Waals surface area contributed by atoms with E-state index in [1.54, 1.807) is 6.07 Å². The fourth-order valence-electron chi connectivity index (χ4n) is 1.98. The summed E-state index contributed by atoms with van der Waals surface area (Å²) in [5.74, 6) is 6.48. The number of nitrogen functional groups attached to an aromatic ring is 1. The molecular weight excluding hydrogens is 228 g/mol. The van der Waals surface area contributed by atoms with Gasteiger partial charge in [-0.3, -0.25) is 4.79 Å². The van der Waals surface area contributed by atoms with Crippen molar-refractivity contribution in [1.29, 1.82) is 0 Å². The second-order valence-corrected chi connectivity index (χ2v) is 4.83. The Morgan fingerprint density at radius 2 is 2.28 bits per heavy atom. The van der Waals surface area contributed by atoms with Crippen LogP contribution in [0.1, 0.15) is 42.7 Å². The number of pyridine rings is 1. The summed E-state index contributed by atoms with van der Waals surface area (Å²) in [5.41, 5.74) is 3.96. The molecule has 0 aromatic carbocycles. The van der Waals surface area contributed by atoms with E-state index in [0.29, 0.717) is 17.3 Å². The van der Waals surface area contributed by atoms with Crippen LogP contribution in [0.3, 0.4) is 0 Å². The zero-order valence-electron chi connectivity index (χ0n) is 10.9. The molecule has 1 saturated carbocycles. The minimum Gasteiger partial charge on any atom is -0.349 e. The van der Waals surface area contributed by atoms with E-state index in [2.05, 4.69) is 22.7 Å². The maximum absolute atomic E-state index is 12.1. The molecule has 1 amide bonds. The highest BCUT2D eigenvalue weighted by Gasteiger charge is 2.29. The average Bonchev–Trinajstić information content (AvgIpc) is 3.22. The van der Waals surface area contributed by atoms with E-state index in [0.717, 1.165) is 12.1 Å². The predicted molar refractivity (Wildman–Crippen MR) is 71.1 cm³/mol. The molecule has 1 unspecified atom stereocenters. The Balaban J connectivity index is 2.12. The van der Waals surface area contributed by atoms with Gasteiger partial charge in [0.05, 0.1) is 0 Å². The van der Waals surface area contributed by atoms with E-state index >= 15 is 0 Å². The number of hydrazine groups is 1. The van der Waals surface area contributed by atoms with Crippen molar-refractivity contribution in [1.82, 2.24) is 10.3 Å². The fraction of sp³-hybridized carbons (Fsp3) is 0.538. The third-order valence-corrected chi connectivity index (χ3v) is 3.34. The van der Waals surface area contributed by atoms with Crippen molar-refractivity contribution in [3.8, 4) is 0 Å². The van der Waals surface area contributed by atoms with Crippen LogP contribution in [-0.2, 0) is 6.42 Å². The van der Waals surface area contributed by atoms with E-state index in [1.165, 1.54) is 12.8 Å². The van der Waals surface area contributed by atoms with Gasteiger partial charge in [-0.2, -0.15) is 0 Å². The van der Waals surface area contributed by atoms with Crippen LogP contribution in [0.5, 0.6) is 0 Å². The number of aromatic nitrogens is 1. The normalized spacial score (nSPS) is 16.2. The quantitative estimate of drug-likeness (QED) is 0.544. The molecule has 5 nitrogen and oxygen atoms in total. The highest BCUT2D eigenvalue weighted by atomic mass is 16.1. The summed E-state index contributed by atoms with van der Waals surface area (Å²) in [7, 11) is 0. The molecule has 1 aromatic heterocycles. The largest absolute Gasteiger partial charge is 0.349 e. The fourth-order valence-corrected chi connectivity index (χ4v) is 1.98. The number of nitrogens with zero attached hydrogens (tertiary/aromatic N) is 1. The third kappa shape index (κ3) is 2.98. The monoisotopic (exact) mass is 248 g/mol. The van der Waals surface area contributed by atoms with E-state index in [4.69, 9.17) is 5.84 Å². The van der Waals surface area contributed by atoms with Crippen molar-refractivity contribution < 1.29 is 4.79 Å². The third-order valence-electron chi connectivity index (χ3n) is 3.34. The van der Waals surface area contributed by atoms with Crippen molar-refractivity contribution in [2.24, 2.45) is 11.8 Å². The summed E-state index contributed by atoms with van der Waals surface area (Å²) in [5, 5.41) is 3.03. The van der Waals surface area contributed by atoms with Crippen molar-refractivity contribution >= 4 is 11.7 Å². The van der Waals surface area contributed by atoms with Crippen LogP contribution in [0.4, 0.5) is 5.82 Å². The molecule has 1 aromatic rings. The van der Waals surface area contributed by atoms with Crippen LogP contribution in [0, 0.1) is 5.92 Å². The van der Waals surface area contributed by atoms with E-state index < -0.39 is 0 Å². The first-order chi connectivity index (χ1) is 8.63. The van der Waals surface area contributed by atoms with Crippen LogP contribution in [0.15, 0.2) is 12.1 Å². The summed E-state index contributed by atoms with van der Waals surface area (Å²) in [6.07, 6.45) is 3.20. The SMILES string of the molecule is CCc1cc(C(=O)NC(C)C2CC2)cc(NN)n1. The molecule has 0 radical (unpaired) electrons. The van der Waals surface area contributed by atoms with Gasteiger partial charge in [-0.05, 0) is 44.2 Å². The van der Waals surface area contributed by atoms with Gasteiger partial charge in [0.15, 0.2) is 0 Å². The smallest absolute Gasteiger partial charge is 0.251 e. The summed E-state index contributed by atoms with van der Waals surface area (Å²) in [4.78, 5) is 16.4. The molecule has 98 valence electrons. The van der Waals surface area contributed by atoms with Crippen LogP contribution < -0.4 is 16.6 Å². The first-order valence-electron chi connectivity index (χ1n) is 6.42. The Labute approximate surface area is 107 Å². The number of rotatable bonds is 5. The van der Waals surface area contributed by atoms with Crippen molar-refractivity contribution in [2.75, 3.05) is 5.43 Å². The standard InChI is InChI=1S/C13H20N4O/c1-3-11-6-10(7-12(16-11)17-14)13(18)15-8(2)9-4-5-9/h6-9H,3-5,14H2,1-2H3,(H,15,18)(H,16,17). The Kier molecular flexibility index (Phi) is 3.81. The van der Waals surface area contributed by atoms with Crippen molar-refractivity contribution in [2.45, 2.75) is 39.2 Å². The number of anilines is 1. The topological polar surface area (TPSA) is 80.0 Å². The van der Waals surface area contributed by atoms with Gasteiger partial charge in [-0.1, -0.05) is 6.92 Å². The zero-order valence-corrected chi connectivity index (χ0v) is 10.9. The molecule has 0 saturated heterocycles. The summed E-state index contributed by atoms with van der Waals surface area (Å²) >= 11 is 0. The second kappa shape index (κ2) is 5.35. The highest BCUT2D eigenvalue weighted by molar-refractivity contribution is 5.95. The molecule has 2 rings (SSSR count). The molecule has 1 fully saturated rings. The van der Waals surface area contributed by atoms with Crippen LogP contribution in [-0.4, -0.2) is 16.9 Å². The Bertz CT molecular complexity index is 420. The number of hydrogen-bond donors (Lipinski definition) is 3. The van der Waals surface area contributed by atoms with Gasteiger partial charge in [0.1, 0.15) is 5.82 Å². The van der Waals surface area contributed by atoms with E-state index in [9.17, 15) is 4.79 Å². The molecular formula is C13H20N4O. The number of carbonyl (C=O) groups excluding carboxylic acids is 1. The summed E-state index contributed by atoms with van der Waals surface area (Å²) < 4.78 is 0. The van der Waals surface area contributed by atoms with E-state index in [1.807, 2.05) is 13.0 Å². The highest BCUT2D eigenvalue weighted by Crippen LogP contribution is 2.32. The minimum atomic E-state index is -0.0528. The number of nitrogens with one attached hydrogen (secondary N) is 2. The van der Waals surface area contributed by atoms with Gasteiger partial charge in [0, 0.05) is 17.3 Å². The number of hydrogen-bond acceptors (Lipinski definition) is 4. The zero-order chi connectivity index (χ0) is 13.1. The van der Waals surface area contributed by atoms with Crippen molar-refractivity contribution in [3.63, 3.8) is 0 Å². The maximum Gasteiger partial charge on any atom is 0.251 e. The van der Waals surface area contributed by atoms with Crippen LogP contribution in [0.2, 0.25) is 0 Å². The van der Waals surface area contributed by atoms with Crippen LogP contribution >= 0.6 is 0 Å². The number of carbonyl (C=O) groups is 1. The molecule has 1 aliphatic carbocycles. The molecule has 18 heavy (non-hydrogen) atoms. The number of amides is 1. The minimum absolute atomic E-state index is 0.0528. The molecule has 0 aliphatic heterocycles. The molecule has 1 aliphatic rings. The van der Waals surface area contributed by atoms with Gasteiger partial charge in [-0.25, -0.2) is 10.8 Å². The lowest BCUT2D eigenvalue weighted by Gasteiger charge is -2.13. The maximum atomic E-state index is 12.1. The van der Waals surface area contributed by atoms with Crippen molar-refractivity contribution in [3.05, 3.63) is 23.4 Å². The van der Waals surface area contributed by atoms with Crippen LogP contribution in [0.25, 0.3) is 0 Å². The molecule has 1 heterocycles. The molecule has 5 heteroatoms. The van der Waals surface area contributed by atoms with Gasteiger partial charge in [0.2, 0.25) is 0 Å². The Morgan fingerprint density at radius 3 is 2.83 bits per heavy atom. The molecule has 4 N–H and O–H groups in total.